The summed E-state index contributed by atoms with van der Waals surface area (Å²) in [7, 11) is 0. The predicted molar refractivity (Wildman–Crippen MR) is 178 cm³/mol. The SMILES string of the molecule is CCC1C=C(C(C)(C)C)C=[C]1[Zr+2](=[C](c1ccccc1)c1ccccc1)[CH]1c2cc(C)c(C)cc2-c2cc(C)c(C)cc21.[Cl-].[Cl-]. The molecule has 0 bridgehead atoms. The second-order valence-corrected chi connectivity index (χ2v) is 19.6. The minimum atomic E-state index is -2.79. The maximum atomic E-state index is 2.68. The van der Waals surface area contributed by atoms with Gasteiger partial charge in [-0.3, -0.25) is 0 Å². The average molecular weight is 699 g/mol. The van der Waals surface area contributed by atoms with Gasteiger partial charge in [-0.2, -0.15) is 0 Å². The van der Waals surface area contributed by atoms with Gasteiger partial charge in [0.1, 0.15) is 0 Å². The summed E-state index contributed by atoms with van der Waals surface area (Å²) in [6.45, 7) is 18.7. The number of hydrogen-bond acceptors (Lipinski definition) is 0. The Kier molecular flexibility index (Phi) is 10.7. The van der Waals surface area contributed by atoms with Crippen LogP contribution in [0.15, 0.2) is 106 Å². The molecule has 6 rings (SSSR count). The van der Waals surface area contributed by atoms with Crippen LogP contribution in [0.5, 0.6) is 0 Å². The first-order valence-electron chi connectivity index (χ1n) is 15.6. The van der Waals surface area contributed by atoms with Crippen molar-refractivity contribution >= 4 is 3.21 Å². The van der Waals surface area contributed by atoms with E-state index in [1.165, 1.54) is 50.1 Å². The summed E-state index contributed by atoms with van der Waals surface area (Å²) in [5, 5.41) is 0. The molecule has 226 valence electrons. The van der Waals surface area contributed by atoms with E-state index < -0.39 is 21.3 Å². The molecule has 4 aromatic carbocycles. The Labute approximate surface area is 285 Å². The molecule has 0 radical (unpaired) electrons. The molecule has 1 unspecified atom stereocenters. The number of allylic oxidation sites excluding steroid dienone is 4. The molecule has 3 heteroatoms. The van der Waals surface area contributed by atoms with E-state index in [4.69, 9.17) is 0 Å². The molecule has 0 N–H and O–H groups in total. The molecule has 2 aliphatic carbocycles. The predicted octanol–water partition coefficient (Wildman–Crippen LogP) is 4.78. The number of benzene rings is 4. The minimum absolute atomic E-state index is 0. The van der Waals surface area contributed by atoms with Gasteiger partial charge < -0.3 is 24.8 Å². The zero-order valence-electron chi connectivity index (χ0n) is 27.4. The third kappa shape index (κ3) is 6.23. The van der Waals surface area contributed by atoms with E-state index in [-0.39, 0.29) is 30.2 Å². The molecule has 0 saturated carbocycles. The smallest absolute Gasteiger partial charge is 1.00 e. The van der Waals surface area contributed by atoms with Gasteiger partial charge in [-0.1, -0.05) is 0 Å². The molecule has 0 aliphatic heterocycles. The van der Waals surface area contributed by atoms with Crippen LogP contribution in [-0.4, -0.2) is 3.21 Å². The molecule has 0 saturated heterocycles. The van der Waals surface area contributed by atoms with E-state index in [1.807, 2.05) is 0 Å². The molecule has 0 spiro atoms. The fraction of sp³-hybridized carbons (Fsp3) is 0.293. The Balaban J connectivity index is 0.00000221. The van der Waals surface area contributed by atoms with Gasteiger partial charge in [0.15, 0.2) is 0 Å². The minimum Gasteiger partial charge on any atom is -1.00 e. The van der Waals surface area contributed by atoms with Crippen molar-refractivity contribution in [3.8, 4) is 11.1 Å². The van der Waals surface area contributed by atoms with Crippen LogP contribution in [0, 0.1) is 39.0 Å². The largest absolute Gasteiger partial charge is 1.00 e. The van der Waals surface area contributed by atoms with Crippen LogP contribution in [0.3, 0.4) is 0 Å². The summed E-state index contributed by atoms with van der Waals surface area (Å²) in [6, 6.07) is 32.8. The summed E-state index contributed by atoms with van der Waals surface area (Å²) in [4.78, 5) is 0. The molecular weight excluding hydrogens is 655 g/mol. The topological polar surface area (TPSA) is 0 Å². The van der Waals surface area contributed by atoms with Gasteiger partial charge in [0, 0.05) is 0 Å². The first-order valence-corrected chi connectivity index (χ1v) is 19.5. The zero-order chi connectivity index (χ0) is 29.8. The van der Waals surface area contributed by atoms with Crippen LogP contribution in [0.1, 0.15) is 82.2 Å². The van der Waals surface area contributed by atoms with Crippen molar-refractivity contribution in [2.75, 3.05) is 0 Å². The van der Waals surface area contributed by atoms with Gasteiger partial charge in [0.25, 0.3) is 0 Å². The first kappa shape index (κ1) is 34.6. The number of aryl methyl sites for hydroxylation is 4. The van der Waals surface area contributed by atoms with E-state index in [0.717, 1.165) is 6.42 Å². The molecule has 0 amide bonds. The maximum absolute atomic E-state index is 2.79. The summed E-state index contributed by atoms with van der Waals surface area (Å²) in [6.07, 6.45) is 6.45. The summed E-state index contributed by atoms with van der Waals surface area (Å²) in [5.74, 6) is 0.502. The standard InChI is InChI=1S/C17H17.C13H10.C11H17.2ClH.Zr/c1-10-5-14-9-15-6-11(2)13(4)8-17(15)16(14)7-12(10)3;1-3-7-12(8-4-1)11-13-9-5-2-6-10-13;1-5-9-6-7-10(8-9)11(2,3)4;;;/h5-9H,1-4H3;1-10H;7-9H,5H2,1-4H3;2*1H;/q;;;;;+2/p-2. The van der Waals surface area contributed by atoms with E-state index in [1.54, 1.807) is 17.6 Å². The van der Waals surface area contributed by atoms with Gasteiger partial charge >= 0.3 is 263 Å². The summed E-state index contributed by atoms with van der Waals surface area (Å²) < 4.78 is 3.82. The molecule has 0 heterocycles. The normalized spacial score (nSPS) is 15.2. The average Bonchev–Trinajstić information content (AvgIpc) is 3.53. The van der Waals surface area contributed by atoms with Crippen molar-refractivity contribution in [2.24, 2.45) is 11.3 Å². The monoisotopic (exact) mass is 696 g/mol. The van der Waals surface area contributed by atoms with Crippen molar-refractivity contribution in [1.29, 1.82) is 0 Å². The Hall–Kier alpha value is -2.31. The van der Waals surface area contributed by atoms with Gasteiger partial charge in [-0.05, 0) is 0 Å². The van der Waals surface area contributed by atoms with E-state index in [9.17, 15) is 0 Å². The fourth-order valence-corrected chi connectivity index (χ4v) is 16.7. The first-order chi connectivity index (χ1) is 20.1. The van der Waals surface area contributed by atoms with E-state index >= 15 is 0 Å². The van der Waals surface area contributed by atoms with Crippen LogP contribution in [-0.2, 0) is 21.3 Å². The maximum Gasteiger partial charge on any atom is -1.00 e. The number of hydrogen-bond donors (Lipinski definition) is 0. The van der Waals surface area contributed by atoms with E-state index in [2.05, 4.69) is 152 Å². The van der Waals surface area contributed by atoms with Crippen molar-refractivity contribution < 1.29 is 46.1 Å². The van der Waals surface area contributed by atoms with Gasteiger partial charge in [0.05, 0.1) is 0 Å². The Morgan fingerprint density at radius 2 is 1.09 bits per heavy atom. The third-order valence-electron chi connectivity index (χ3n) is 9.63. The molecule has 0 fully saturated rings. The van der Waals surface area contributed by atoms with Crippen LogP contribution in [0.2, 0.25) is 0 Å². The van der Waals surface area contributed by atoms with Crippen molar-refractivity contribution in [1.82, 2.24) is 0 Å². The van der Waals surface area contributed by atoms with Crippen LogP contribution in [0.4, 0.5) is 0 Å². The van der Waals surface area contributed by atoms with E-state index in [0.29, 0.717) is 9.54 Å². The molecule has 4 aromatic rings. The molecular formula is C41H44Cl2Zr. The molecule has 0 aromatic heterocycles. The van der Waals surface area contributed by atoms with Crippen LogP contribution < -0.4 is 24.8 Å². The van der Waals surface area contributed by atoms with Crippen molar-refractivity contribution in [3.63, 3.8) is 0 Å². The second kappa shape index (κ2) is 13.6. The zero-order valence-corrected chi connectivity index (χ0v) is 31.3. The number of halogens is 2. The second-order valence-electron chi connectivity index (χ2n) is 13.5. The van der Waals surface area contributed by atoms with Crippen molar-refractivity contribution in [3.05, 3.63) is 150 Å². The van der Waals surface area contributed by atoms with Crippen LogP contribution >= 0.6 is 0 Å². The Bertz CT molecular complexity index is 1670. The molecule has 0 nitrogen and oxygen atoms in total. The third-order valence-corrected chi connectivity index (χ3v) is 18.1. The summed E-state index contributed by atoms with van der Waals surface area (Å²) in [5.41, 5.74) is 16.1. The van der Waals surface area contributed by atoms with Crippen LogP contribution in [0.25, 0.3) is 11.1 Å². The summed E-state index contributed by atoms with van der Waals surface area (Å²) >= 11 is -2.79. The number of fused-ring (bicyclic) bond motifs is 3. The van der Waals surface area contributed by atoms with Gasteiger partial charge in [0.2, 0.25) is 0 Å². The Morgan fingerprint density at radius 3 is 1.50 bits per heavy atom. The molecule has 44 heavy (non-hydrogen) atoms. The molecule has 1 atom stereocenters. The fourth-order valence-electron chi connectivity index (χ4n) is 6.95. The van der Waals surface area contributed by atoms with Gasteiger partial charge in [-0.15, -0.1) is 0 Å². The quantitative estimate of drug-likeness (QED) is 0.282. The van der Waals surface area contributed by atoms with Crippen molar-refractivity contribution in [2.45, 2.75) is 65.4 Å². The Morgan fingerprint density at radius 1 is 0.659 bits per heavy atom. The molecule has 2 aliphatic rings. The van der Waals surface area contributed by atoms with Gasteiger partial charge in [-0.25, -0.2) is 0 Å². The number of rotatable bonds is 5.